The molecule has 0 fully saturated rings. The number of esters is 1. The Morgan fingerprint density at radius 2 is 2.00 bits per heavy atom. The van der Waals surface area contributed by atoms with Gasteiger partial charge in [0, 0.05) is 11.4 Å². The average Bonchev–Trinajstić information content (AvgIpc) is 2.17. The second-order valence-corrected chi connectivity index (χ2v) is 5.58. The predicted octanol–water partition coefficient (Wildman–Crippen LogP) is 3.92. The molecule has 0 atom stereocenters. The second-order valence-electron chi connectivity index (χ2n) is 5.17. The Balaban J connectivity index is 2.50. The van der Waals surface area contributed by atoms with E-state index in [9.17, 15) is 4.79 Å². The molecule has 2 nitrogen and oxygen atoms in total. The van der Waals surface area contributed by atoms with Crippen LogP contribution in [0.2, 0.25) is 5.02 Å². The summed E-state index contributed by atoms with van der Waals surface area (Å²) in [5.74, 6) is -0.172. The van der Waals surface area contributed by atoms with Crippen LogP contribution in [0.1, 0.15) is 38.3 Å². The molecular formula is C14H19ClO2. The molecule has 0 saturated heterocycles. The highest BCUT2D eigenvalue weighted by Gasteiger charge is 2.15. The van der Waals surface area contributed by atoms with Crippen molar-refractivity contribution in [3.63, 3.8) is 0 Å². The van der Waals surface area contributed by atoms with Gasteiger partial charge >= 0.3 is 5.97 Å². The van der Waals surface area contributed by atoms with Crippen molar-refractivity contribution in [1.82, 2.24) is 0 Å². The van der Waals surface area contributed by atoms with E-state index in [0.717, 1.165) is 16.1 Å². The third-order valence-corrected chi connectivity index (χ3v) is 2.68. The van der Waals surface area contributed by atoms with Crippen molar-refractivity contribution >= 4 is 17.6 Å². The molecular weight excluding hydrogens is 236 g/mol. The first kappa shape index (κ1) is 14.0. The van der Waals surface area contributed by atoms with Gasteiger partial charge in [-0.25, -0.2) is 0 Å². The van der Waals surface area contributed by atoms with E-state index in [1.165, 1.54) is 0 Å². The molecule has 1 rings (SSSR count). The highest BCUT2D eigenvalue weighted by molar-refractivity contribution is 6.31. The summed E-state index contributed by atoms with van der Waals surface area (Å²) < 4.78 is 5.24. The molecule has 1 aromatic carbocycles. The molecule has 0 aliphatic heterocycles. The van der Waals surface area contributed by atoms with Gasteiger partial charge in [0.1, 0.15) is 5.60 Å². The fraction of sp³-hybridized carbons (Fsp3) is 0.500. The van der Waals surface area contributed by atoms with Crippen LogP contribution in [0, 0.1) is 6.92 Å². The van der Waals surface area contributed by atoms with Gasteiger partial charge in [0.15, 0.2) is 0 Å². The van der Waals surface area contributed by atoms with Crippen LogP contribution >= 0.6 is 11.6 Å². The van der Waals surface area contributed by atoms with E-state index in [0.29, 0.717) is 12.8 Å². The zero-order chi connectivity index (χ0) is 13.1. The van der Waals surface area contributed by atoms with Gasteiger partial charge in [0.05, 0.1) is 0 Å². The number of aryl methyl sites for hydroxylation is 2. The van der Waals surface area contributed by atoms with Crippen molar-refractivity contribution in [3.8, 4) is 0 Å². The molecule has 0 aliphatic rings. The molecule has 0 heterocycles. The molecule has 0 aromatic heterocycles. The van der Waals surface area contributed by atoms with Gasteiger partial charge in [0.2, 0.25) is 0 Å². The van der Waals surface area contributed by atoms with Crippen molar-refractivity contribution in [2.75, 3.05) is 0 Å². The van der Waals surface area contributed by atoms with E-state index in [1.807, 2.05) is 45.9 Å². The van der Waals surface area contributed by atoms with E-state index in [1.54, 1.807) is 0 Å². The van der Waals surface area contributed by atoms with Crippen LogP contribution in [0.4, 0.5) is 0 Å². The number of halogens is 1. The first-order valence-corrected chi connectivity index (χ1v) is 6.12. The van der Waals surface area contributed by atoms with Gasteiger partial charge in [0.25, 0.3) is 0 Å². The minimum atomic E-state index is -0.415. The molecule has 94 valence electrons. The Hall–Kier alpha value is -1.02. The molecule has 1 aromatic rings. The van der Waals surface area contributed by atoms with E-state index in [-0.39, 0.29) is 5.97 Å². The summed E-state index contributed by atoms with van der Waals surface area (Å²) in [6.07, 6.45) is 1.05. The van der Waals surface area contributed by atoms with Gasteiger partial charge in [-0.1, -0.05) is 23.7 Å². The van der Waals surface area contributed by atoms with Crippen LogP contribution in [0.3, 0.4) is 0 Å². The number of ether oxygens (including phenoxy) is 1. The Labute approximate surface area is 108 Å². The summed E-state index contributed by atoms with van der Waals surface area (Å²) >= 11 is 6.02. The number of carbonyl (C=O) groups excluding carboxylic acids is 1. The van der Waals surface area contributed by atoms with Crippen molar-refractivity contribution in [3.05, 3.63) is 34.3 Å². The van der Waals surface area contributed by atoms with Gasteiger partial charge in [-0.3, -0.25) is 4.79 Å². The van der Waals surface area contributed by atoms with Gasteiger partial charge < -0.3 is 4.74 Å². The second kappa shape index (κ2) is 5.54. The SMILES string of the molecule is Cc1ccc(CCC(=O)OC(C)(C)C)cc1Cl. The minimum Gasteiger partial charge on any atom is -0.460 e. The van der Waals surface area contributed by atoms with E-state index < -0.39 is 5.60 Å². The van der Waals surface area contributed by atoms with Crippen molar-refractivity contribution in [2.45, 2.75) is 46.1 Å². The van der Waals surface area contributed by atoms with E-state index in [4.69, 9.17) is 16.3 Å². The predicted molar refractivity (Wildman–Crippen MR) is 70.4 cm³/mol. The maximum atomic E-state index is 11.5. The maximum absolute atomic E-state index is 11.5. The standard InChI is InChI=1S/C14H19ClO2/c1-10-5-6-11(9-12(10)15)7-8-13(16)17-14(2,3)4/h5-6,9H,7-8H2,1-4H3. The van der Waals surface area contributed by atoms with Crippen LogP contribution < -0.4 is 0 Å². The number of hydrogen-bond acceptors (Lipinski definition) is 2. The zero-order valence-corrected chi connectivity index (χ0v) is 11.6. The van der Waals surface area contributed by atoms with Crippen LogP contribution in [-0.2, 0) is 16.0 Å². The number of hydrogen-bond donors (Lipinski definition) is 0. The zero-order valence-electron chi connectivity index (χ0n) is 10.8. The van der Waals surface area contributed by atoms with Crippen molar-refractivity contribution < 1.29 is 9.53 Å². The van der Waals surface area contributed by atoms with Gasteiger partial charge in [-0.2, -0.15) is 0 Å². The normalized spacial score (nSPS) is 11.4. The molecule has 0 amide bonds. The lowest BCUT2D eigenvalue weighted by Gasteiger charge is -2.19. The maximum Gasteiger partial charge on any atom is 0.306 e. The van der Waals surface area contributed by atoms with Gasteiger partial charge in [-0.05, 0) is 51.3 Å². The lowest BCUT2D eigenvalue weighted by molar-refractivity contribution is -0.154. The average molecular weight is 255 g/mol. The van der Waals surface area contributed by atoms with Crippen LogP contribution in [0.25, 0.3) is 0 Å². The van der Waals surface area contributed by atoms with Gasteiger partial charge in [-0.15, -0.1) is 0 Å². The molecule has 0 N–H and O–H groups in total. The van der Waals surface area contributed by atoms with Crippen molar-refractivity contribution in [1.29, 1.82) is 0 Å². The first-order valence-electron chi connectivity index (χ1n) is 5.75. The number of carbonyl (C=O) groups is 1. The highest BCUT2D eigenvalue weighted by Crippen LogP contribution is 2.18. The topological polar surface area (TPSA) is 26.3 Å². The quantitative estimate of drug-likeness (QED) is 0.764. The largest absolute Gasteiger partial charge is 0.460 e. The summed E-state index contributed by atoms with van der Waals surface area (Å²) in [4.78, 5) is 11.5. The smallest absolute Gasteiger partial charge is 0.306 e. The van der Waals surface area contributed by atoms with Crippen LogP contribution in [0.15, 0.2) is 18.2 Å². The number of rotatable bonds is 3. The lowest BCUT2D eigenvalue weighted by Crippen LogP contribution is -2.24. The fourth-order valence-electron chi connectivity index (χ4n) is 1.43. The number of benzene rings is 1. The summed E-state index contributed by atoms with van der Waals surface area (Å²) in [5.41, 5.74) is 1.70. The molecule has 0 unspecified atom stereocenters. The lowest BCUT2D eigenvalue weighted by atomic mass is 10.1. The fourth-order valence-corrected chi connectivity index (χ4v) is 1.63. The monoisotopic (exact) mass is 254 g/mol. The Kier molecular flexibility index (Phi) is 4.58. The Morgan fingerprint density at radius 3 is 2.53 bits per heavy atom. The third-order valence-electron chi connectivity index (χ3n) is 2.27. The molecule has 3 heteroatoms. The summed E-state index contributed by atoms with van der Waals surface area (Å²) in [6.45, 7) is 7.56. The molecule has 0 radical (unpaired) electrons. The Bertz CT molecular complexity index is 405. The molecule has 0 aliphatic carbocycles. The van der Waals surface area contributed by atoms with Crippen LogP contribution in [0.5, 0.6) is 0 Å². The van der Waals surface area contributed by atoms with E-state index >= 15 is 0 Å². The first-order chi connectivity index (χ1) is 7.78. The molecule has 17 heavy (non-hydrogen) atoms. The summed E-state index contributed by atoms with van der Waals surface area (Å²) in [5, 5.41) is 0.742. The van der Waals surface area contributed by atoms with Crippen LogP contribution in [-0.4, -0.2) is 11.6 Å². The summed E-state index contributed by atoms with van der Waals surface area (Å²) in [7, 11) is 0. The summed E-state index contributed by atoms with van der Waals surface area (Å²) in [6, 6.07) is 5.86. The Morgan fingerprint density at radius 1 is 1.35 bits per heavy atom. The highest BCUT2D eigenvalue weighted by atomic mass is 35.5. The van der Waals surface area contributed by atoms with E-state index in [2.05, 4.69) is 0 Å². The molecule has 0 bridgehead atoms. The third kappa shape index (κ3) is 5.22. The van der Waals surface area contributed by atoms with Crippen molar-refractivity contribution in [2.24, 2.45) is 0 Å². The minimum absolute atomic E-state index is 0.172. The molecule has 0 saturated carbocycles. The molecule has 0 spiro atoms.